The first kappa shape index (κ1) is 22.4. The molecule has 0 bridgehead atoms. The second-order valence-corrected chi connectivity index (χ2v) is 9.30. The smallest absolute Gasteiger partial charge is 0.179 e. The normalized spacial score (nSPS) is 15.1. The molecule has 0 amide bonds. The van der Waals surface area contributed by atoms with E-state index in [1.165, 1.54) is 5.56 Å². The molecule has 1 saturated heterocycles. The van der Waals surface area contributed by atoms with Crippen LogP contribution in [-0.2, 0) is 4.79 Å². The molecule has 7 nitrogen and oxygen atoms in total. The lowest BCUT2D eigenvalue weighted by molar-refractivity contribution is -0.119. The number of hydrogen-bond donors (Lipinski definition) is 0. The predicted molar refractivity (Wildman–Crippen MR) is 128 cm³/mol. The number of aryl methyl sites for hydroxylation is 1. The lowest BCUT2D eigenvalue weighted by atomic mass is 9.91. The Labute approximate surface area is 190 Å². The average molecular weight is 435 g/mol. The van der Waals surface area contributed by atoms with E-state index in [9.17, 15) is 4.79 Å². The molecule has 0 aliphatic carbocycles. The summed E-state index contributed by atoms with van der Waals surface area (Å²) in [5.41, 5.74) is 3.16. The van der Waals surface area contributed by atoms with Gasteiger partial charge in [-0.15, -0.1) is 5.10 Å². The summed E-state index contributed by atoms with van der Waals surface area (Å²) in [6.45, 7) is 4.94. The van der Waals surface area contributed by atoms with Gasteiger partial charge in [0.1, 0.15) is 11.3 Å². The van der Waals surface area contributed by atoms with Gasteiger partial charge in [0.15, 0.2) is 5.82 Å². The van der Waals surface area contributed by atoms with Crippen LogP contribution in [0.3, 0.4) is 0 Å². The lowest BCUT2D eigenvalue weighted by Gasteiger charge is -2.32. The molecule has 3 heterocycles. The first-order valence-electron chi connectivity index (χ1n) is 11.7. The highest BCUT2D eigenvalue weighted by Gasteiger charge is 2.23. The molecule has 0 spiro atoms. The van der Waals surface area contributed by atoms with Crippen LogP contribution in [-0.4, -0.2) is 64.4 Å². The van der Waals surface area contributed by atoms with E-state index in [2.05, 4.69) is 65.3 Å². The fraction of sp³-hybridized carbons (Fsp3) is 0.520. The minimum Gasteiger partial charge on any atom is -0.353 e. The molecule has 0 saturated carbocycles. The molecule has 1 aliphatic heterocycles. The largest absolute Gasteiger partial charge is 0.353 e. The SMILES string of the molecule is Cc1ccc(-n2cc3cnnc(N4CCC(CCC(=O)CCCN(C)C)CC4)c3n2)cc1. The fourth-order valence-electron chi connectivity index (χ4n) is 4.41. The van der Waals surface area contributed by atoms with Crippen molar-refractivity contribution in [3.05, 3.63) is 42.2 Å². The Kier molecular flexibility index (Phi) is 7.15. The maximum Gasteiger partial charge on any atom is 0.179 e. The highest BCUT2D eigenvalue weighted by Crippen LogP contribution is 2.29. The number of carbonyl (C=O) groups excluding carboxylic acids is 1. The van der Waals surface area contributed by atoms with E-state index in [4.69, 9.17) is 5.10 Å². The lowest BCUT2D eigenvalue weighted by Crippen LogP contribution is -2.34. The summed E-state index contributed by atoms with van der Waals surface area (Å²) in [6, 6.07) is 8.35. The van der Waals surface area contributed by atoms with E-state index in [-0.39, 0.29) is 0 Å². The van der Waals surface area contributed by atoms with E-state index in [0.717, 1.165) is 67.7 Å². The second kappa shape index (κ2) is 10.2. The number of ketones is 1. The Morgan fingerprint density at radius 1 is 1.12 bits per heavy atom. The zero-order chi connectivity index (χ0) is 22.5. The number of fused-ring (bicyclic) bond motifs is 1. The van der Waals surface area contributed by atoms with Gasteiger partial charge in [-0.3, -0.25) is 4.79 Å². The third kappa shape index (κ3) is 5.51. The van der Waals surface area contributed by atoms with Crippen molar-refractivity contribution in [2.45, 2.75) is 45.4 Å². The van der Waals surface area contributed by atoms with Crippen LogP contribution in [0, 0.1) is 12.8 Å². The molecule has 0 unspecified atom stereocenters. The summed E-state index contributed by atoms with van der Waals surface area (Å²) >= 11 is 0. The minimum atomic E-state index is 0.409. The molecule has 170 valence electrons. The molecule has 1 fully saturated rings. The Morgan fingerprint density at radius 3 is 2.59 bits per heavy atom. The molecule has 32 heavy (non-hydrogen) atoms. The molecule has 4 rings (SSSR count). The number of nitrogens with zero attached hydrogens (tertiary/aromatic N) is 6. The summed E-state index contributed by atoms with van der Waals surface area (Å²) in [4.78, 5) is 16.6. The van der Waals surface area contributed by atoms with Crippen molar-refractivity contribution in [2.75, 3.05) is 38.6 Å². The van der Waals surface area contributed by atoms with Crippen LogP contribution in [0.2, 0.25) is 0 Å². The van der Waals surface area contributed by atoms with Crippen LogP contribution >= 0.6 is 0 Å². The Bertz CT molecular complexity index is 1030. The van der Waals surface area contributed by atoms with E-state index < -0.39 is 0 Å². The molecule has 0 N–H and O–H groups in total. The van der Waals surface area contributed by atoms with Crippen LogP contribution in [0.5, 0.6) is 0 Å². The Morgan fingerprint density at radius 2 is 1.88 bits per heavy atom. The Hall–Kier alpha value is -2.80. The number of benzene rings is 1. The van der Waals surface area contributed by atoms with Gasteiger partial charge in [-0.2, -0.15) is 10.2 Å². The maximum atomic E-state index is 12.2. The molecule has 0 atom stereocenters. The molecule has 1 aliphatic rings. The Balaban J connectivity index is 1.35. The van der Waals surface area contributed by atoms with Gasteiger partial charge in [0.05, 0.1) is 11.9 Å². The summed E-state index contributed by atoms with van der Waals surface area (Å²) in [5, 5.41) is 14.5. The van der Waals surface area contributed by atoms with Crippen molar-refractivity contribution in [3.63, 3.8) is 0 Å². The number of aromatic nitrogens is 4. The van der Waals surface area contributed by atoms with Crippen molar-refractivity contribution in [1.82, 2.24) is 24.9 Å². The average Bonchev–Trinajstić information content (AvgIpc) is 3.23. The van der Waals surface area contributed by atoms with Gasteiger partial charge in [-0.25, -0.2) is 4.68 Å². The predicted octanol–water partition coefficient (Wildman–Crippen LogP) is 4.03. The zero-order valence-electron chi connectivity index (χ0n) is 19.5. The first-order chi connectivity index (χ1) is 15.5. The van der Waals surface area contributed by atoms with E-state index in [1.807, 2.05) is 10.9 Å². The minimum absolute atomic E-state index is 0.409. The van der Waals surface area contributed by atoms with E-state index in [1.54, 1.807) is 6.20 Å². The van der Waals surface area contributed by atoms with Gasteiger partial charge in [0, 0.05) is 37.5 Å². The third-order valence-electron chi connectivity index (χ3n) is 6.41. The zero-order valence-corrected chi connectivity index (χ0v) is 19.5. The van der Waals surface area contributed by atoms with Crippen LogP contribution in [0.1, 0.15) is 44.1 Å². The van der Waals surface area contributed by atoms with Gasteiger partial charge in [0.25, 0.3) is 0 Å². The molecule has 3 aromatic rings. The van der Waals surface area contributed by atoms with Crippen molar-refractivity contribution in [2.24, 2.45) is 5.92 Å². The molecule has 7 heteroatoms. The van der Waals surface area contributed by atoms with Crippen LogP contribution in [0.25, 0.3) is 16.6 Å². The number of Topliss-reactive ketones (excluding diaryl/α,β-unsaturated/α-hetero) is 1. The summed E-state index contributed by atoms with van der Waals surface area (Å²) in [5.74, 6) is 1.89. The molecule has 0 radical (unpaired) electrons. The van der Waals surface area contributed by atoms with Crippen LogP contribution in [0.4, 0.5) is 5.82 Å². The number of anilines is 1. The molecular formula is C25H34N6O. The monoisotopic (exact) mass is 434 g/mol. The topological polar surface area (TPSA) is 67.2 Å². The number of hydrogen-bond acceptors (Lipinski definition) is 6. The standard InChI is InChI=1S/C25H34N6O/c1-19-6-9-22(10-7-19)31-18-21-17-26-27-25(24(21)28-31)30-15-12-20(13-16-30)8-11-23(32)5-4-14-29(2)3/h6-7,9-10,17-18,20H,4-5,8,11-16H2,1-3H3. The highest BCUT2D eigenvalue weighted by atomic mass is 16.1. The van der Waals surface area contributed by atoms with Gasteiger partial charge < -0.3 is 9.80 Å². The van der Waals surface area contributed by atoms with Crippen LogP contribution in [0.15, 0.2) is 36.7 Å². The van der Waals surface area contributed by atoms with Gasteiger partial charge in [0.2, 0.25) is 0 Å². The van der Waals surface area contributed by atoms with Crippen molar-refractivity contribution in [3.8, 4) is 5.69 Å². The number of carbonyl (C=O) groups is 1. The first-order valence-corrected chi connectivity index (χ1v) is 11.7. The fourth-order valence-corrected chi connectivity index (χ4v) is 4.41. The summed E-state index contributed by atoms with van der Waals surface area (Å²) in [7, 11) is 4.10. The molecule has 1 aromatic carbocycles. The van der Waals surface area contributed by atoms with Crippen molar-refractivity contribution >= 4 is 22.5 Å². The molecule has 2 aromatic heterocycles. The summed E-state index contributed by atoms with van der Waals surface area (Å²) < 4.78 is 1.91. The van der Waals surface area contributed by atoms with Gasteiger partial charge in [-0.1, -0.05) is 17.7 Å². The van der Waals surface area contributed by atoms with Gasteiger partial charge in [-0.05, 0) is 71.3 Å². The van der Waals surface area contributed by atoms with E-state index >= 15 is 0 Å². The van der Waals surface area contributed by atoms with Crippen LogP contribution < -0.4 is 4.90 Å². The molecular weight excluding hydrogens is 400 g/mol. The third-order valence-corrected chi connectivity index (χ3v) is 6.41. The maximum absolute atomic E-state index is 12.2. The van der Waals surface area contributed by atoms with Crippen molar-refractivity contribution in [1.29, 1.82) is 0 Å². The van der Waals surface area contributed by atoms with Crippen molar-refractivity contribution < 1.29 is 4.79 Å². The quantitative estimate of drug-likeness (QED) is 0.507. The number of piperidine rings is 1. The van der Waals surface area contributed by atoms with E-state index in [0.29, 0.717) is 24.5 Å². The second-order valence-electron chi connectivity index (χ2n) is 9.30. The number of rotatable bonds is 9. The summed E-state index contributed by atoms with van der Waals surface area (Å²) in [6.07, 6.45) is 9.36. The highest BCUT2D eigenvalue weighted by molar-refractivity contribution is 5.87. The van der Waals surface area contributed by atoms with Gasteiger partial charge >= 0.3 is 0 Å².